The van der Waals surface area contributed by atoms with Crippen molar-refractivity contribution >= 4 is 29.0 Å². The van der Waals surface area contributed by atoms with Gasteiger partial charge in [0.15, 0.2) is 0 Å². The first-order chi connectivity index (χ1) is 14.3. The van der Waals surface area contributed by atoms with E-state index in [4.69, 9.17) is 0 Å². The second-order valence-electron chi connectivity index (χ2n) is 8.73. The van der Waals surface area contributed by atoms with Gasteiger partial charge in [-0.05, 0) is 47.4 Å². The van der Waals surface area contributed by atoms with Gasteiger partial charge < -0.3 is 10.2 Å². The molecule has 0 radical (unpaired) electrons. The first-order valence-corrected chi connectivity index (χ1v) is 11.6. The maximum Gasteiger partial charge on any atom is 0.234 e. The van der Waals surface area contributed by atoms with Crippen molar-refractivity contribution in [1.82, 2.24) is 4.90 Å². The second-order valence-corrected chi connectivity index (χ2v) is 9.78. The lowest BCUT2D eigenvalue weighted by Crippen LogP contribution is -2.46. The molecule has 0 saturated carbocycles. The molecule has 1 heterocycles. The van der Waals surface area contributed by atoms with Gasteiger partial charge in [-0.2, -0.15) is 0 Å². The van der Waals surface area contributed by atoms with Crippen molar-refractivity contribution in [1.29, 1.82) is 0 Å². The van der Waals surface area contributed by atoms with Crippen molar-refractivity contribution in [3.05, 3.63) is 66.7 Å². The summed E-state index contributed by atoms with van der Waals surface area (Å²) in [5.74, 6) is 0.424. The van der Waals surface area contributed by atoms with E-state index in [9.17, 15) is 4.79 Å². The third kappa shape index (κ3) is 6.38. The maximum atomic E-state index is 12.3. The predicted octanol–water partition coefficient (Wildman–Crippen LogP) is 5.02. The minimum absolute atomic E-state index is 0.0192. The number of nitrogens with zero attached hydrogens (tertiary/aromatic N) is 2. The number of amides is 1. The van der Waals surface area contributed by atoms with Crippen LogP contribution in [0.15, 0.2) is 66.1 Å². The highest BCUT2D eigenvalue weighted by atomic mass is 32.2. The van der Waals surface area contributed by atoms with Crippen LogP contribution in [0.1, 0.15) is 26.3 Å². The van der Waals surface area contributed by atoms with Gasteiger partial charge in [0.05, 0.1) is 5.75 Å². The molecule has 1 aliphatic rings. The molecule has 160 valence electrons. The number of thioether (sulfide) groups is 1. The number of anilines is 2. The summed E-state index contributed by atoms with van der Waals surface area (Å²) >= 11 is 1.57. The number of hydrogen-bond acceptors (Lipinski definition) is 4. The molecule has 1 N–H and O–H groups in total. The zero-order chi connectivity index (χ0) is 21.6. The van der Waals surface area contributed by atoms with Crippen molar-refractivity contribution in [2.45, 2.75) is 31.1 Å². The number of piperazine rings is 1. The van der Waals surface area contributed by atoms with Gasteiger partial charge in [-0.15, -0.1) is 18.3 Å². The summed E-state index contributed by atoms with van der Waals surface area (Å²) < 4.78 is 0. The lowest BCUT2D eigenvalue weighted by atomic mass is 9.87. The fraction of sp³-hybridized carbons (Fsp3) is 0.400. The fourth-order valence-corrected chi connectivity index (χ4v) is 4.22. The van der Waals surface area contributed by atoms with Crippen LogP contribution in [-0.4, -0.2) is 49.3 Å². The van der Waals surface area contributed by atoms with Crippen LogP contribution in [-0.2, 0) is 10.2 Å². The maximum absolute atomic E-state index is 12.3. The molecule has 30 heavy (non-hydrogen) atoms. The monoisotopic (exact) mass is 423 g/mol. The predicted molar refractivity (Wildman–Crippen MR) is 130 cm³/mol. The molecule has 3 rings (SSSR count). The Morgan fingerprint density at radius 3 is 2.23 bits per heavy atom. The molecule has 4 nitrogen and oxygen atoms in total. The molecule has 1 fully saturated rings. The minimum Gasteiger partial charge on any atom is -0.369 e. The molecule has 0 aliphatic carbocycles. The van der Waals surface area contributed by atoms with Crippen molar-refractivity contribution in [3.8, 4) is 0 Å². The van der Waals surface area contributed by atoms with E-state index in [0.29, 0.717) is 5.75 Å². The number of rotatable bonds is 7. The zero-order valence-corrected chi connectivity index (χ0v) is 19.2. The van der Waals surface area contributed by atoms with Gasteiger partial charge in [-0.1, -0.05) is 39.0 Å². The van der Waals surface area contributed by atoms with Gasteiger partial charge in [0.1, 0.15) is 0 Å². The zero-order valence-electron chi connectivity index (χ0n) is 18.4. The number of hydrogen-bond donors (Lipinski definition) is 1. The van der Waals surface area contributed by atoms with Crippen LogP contribution in [0.2, 0.25) is 0 Å². The molecular weight excluding hydrogens is 390 g/mol. The largest absolute Gasteiger partial charge is 0.369 e. The minimum atomic E-state index is 0.0192. The third-order valence-electron chi connectivity index (χ3n) is 5.37. The molecule has 0 atom stereocenters. The number of carbonyl (C=O) groups excluding carboxylic acids is 1. The Balaban J connectivity index is 1.46. The summed E-state index contributed by atoms with van der Waals surface area (Å²) in [6.07, 6.45) is 1.96. The molecular formula is C25H33N3OS. The van der Waals surface area contributed by atoms with Crippen LogP contribution in [0.4, 0.5) is 11.4 Å². The van der Waals surface area contributed by atoms with E-state index in [1.54, 1.807) is 11.8 Å². The van der Waals surface area contributed by atoms with E-state index in [0.717, 1.165) is 43.3 Å². The highest BCUT2D eigenvalue weighted by Crippen LogP contribution is 2.26. The quantitative estimate of drug-likeness (QED) is 0.501. The van der Waals surface area contributed by atoms with Crippen LogP contribution < -0.4 is 10.2 Å². The molecule has 0 spiro atoms. The Bertz CT molecular complexity index is 832. The summed E-state index contributed by atoms with van der Waals surface area (Å²) in [4.78, 5) is 18.3. The van der Waals surface area contributed by atoms with Crippen LogP contribution >= 0.6 is 11.8 Å². The topological polar surface area (TPSA) is 35.6 Å². The molecule has 0 bridgehead atoms. The summed E-state index contributed by atoms with van der Waals surface area (Å²) in [5.41, 5.74) is 3.50. The Morgan fingerprint density at radius 2 is 1.67 bits per heavy atom. The van der Waals surface area contributed by atoms with Gasteiger partial charge in [0, 0.05) is 49.0 Å². The molecule has 1 saturated heterocycles. The summed E-state index contributed by atoms with van der Waals surface area (Å²) in [7, 11) is 0. The SMILES string of the molecule is C=CCN1CCN(c2ccc(NC(=O)CSc3ccc(C(C)(C)C)cc3)cc2)CC1. The van der Waals surface area contributed by atoms with Crippen molar-refractivity contribution in [3.63, 3.8) is 0 Å². The molecule has 1 amide bonds. The Morgan fingerprint density at radius 1 is 1.03 bits per heavy atom. The van der Waals surface area contributed by atoms with Crippen LogP contribution in [0.5, 0.6) is 0 Å². The van der Waals surface area contributed by atoms with Gasteiger partial charge >= 0.3 is 0 Å². The van der Waals surface area contributed by atoms with Crippen molar-refractivity contribution < 1.29 is 4.79 Å². The highest BCUT2D eigenvalue weighted by Gasteiger charge is 2.16. The van der Waals surface area contributed by atoms with Crippen LogP contribution in [0.3, 0.4) is 0 Å². The fourth-order valence-electron chi connectivity index (χ4n) is 3.52. The van der Waals surface area contributed by atoms with E-state index in [1.807, 2.05) is 18.2 Å². The van der Waals surface area contributed by atoms with Crippen molar-refractivity contribution in [2.24, 2.45) is 0 Å². The molecule has 2 aromatic rings. The lowest BCUT2D eigenvalue weighted by molar-refractivity contribution is -0.113. The van der Waals surface area contributed by atoms with Gasteiger partial charge in [-0.25, -0.2) is 0 Å². The summed E-state index contributed by atoms with van der Waals surface area (Å²) in [5, 5.41) is 3.00. The van der Waals surface area contributed by atoms with Gasteiger partial charge in [0.2, 0.25) is 5.91 Å². The Kier molecular flexibility index (Phi) is 7.62. The highest BCUT2D eigenvalue weighted by molar-refractivity contribution is 8.00. The van der Waals surface area contributed by atoms with Gasteiger partial charge in [0.25, 0.3) is 0 Å². The third-order valence-corrected chi connectivity index (χ3v) is 6.38. The standard InChI is InChI=1S/C25H33N3OS/c1-5-14-27-15-17-28(18-16-27)22-10-8-21(9-11-22)26-24(29)19-30-23-12-6-20(7-13-23)25(2,3)4/h5-13H,1,14-19H2,2-4H3,(H,26,29). The first-order valence-electron chi connectivity index (χ1n) is 10.6. The lowest BCUT2D eigenvalue weighted by Gasteiger charge is -2.35. The average Bonchev–Trinajstić information content (AvgIpc) is 2.73. The Labute approximate surface area is 185 Å². The Hall–Kier alpha value is -2.24. The normalized spacial score (nSPS) is 15.1. The van der Waals surface area contributed by atoms with E-state index < -0.39 is 0 Å². The van der Waals surface area contributed by atoms with E-state index in [1.165, 1.54) is 11.3 Å². The average molecular weight is 424 g/mol. The number of carbonyl (C=O) groups is 1. The summed E-state index contributed by atoms with van der Waals surface area (Å²) in [6, 6.07) is 16.7. The second kappa shape index (κ2) is 10.2. The molecule has 5 heteroatoms. The molecule has 0 unspecified atom stereocenters. The van der Waals surface area contributed by atoms with Crippen molar-refractivity contribution in [2.75, 3.05) is 48.7 Å². The molecule has 0 aromatic heterocycles. The number of benzene rings is 2. The van der Waals surface area contributed by atoms with Crippen LogP contribution in [0, 0.1) is 0 Å². The molecule has 1 aliphatic heterocycles. The molecule has 2 aromatic carbocycles. The summed E-state index contributed by atoms with van der Waals surface area (Å²) in [6.45, 7) is 15.5. The van der Waals surface area contributed by atoms with Crippen LogP contribution in [0.25, 0.3) is 0 Å². The van der Waals surface area contributed by atoms with E-state index in [2.05, 4.69) is 78.9 Å². The number of nitrogens with one attached hydrogen (secondary N) is 1. The van der Waals surface area contributed by atoms with Gasteiger partial charge in [-0.3, -0.25) is 9.69 Å². The van der Waals surface area contributed by atoms with E-state index in [-0.39, 0.29) is 11.3 Å². The smallest absolute Gasteiger partial charge is 0.234 e. The first kappa shape index (κ1) is 22.4. The van der Waals surface area contributed by atoms with E-state index >= 15 is 0 Å².